The van der Waals surface area contributed by atoms with Crippen LogP contribution in [0.2, 0.25) is 5.02 Å². The number of nitrogens with zero attached hydrogens (tertiary/aromatic N) is 2. The summed E-state index contributed by atoms with van der Waals surface area (Å²) in [4.78, 5) is 120. The second-order valence-electron chi connectivity index (χ2n) is 22.3. The number of carbonyl (C=O) groups is 9. The van der Waals surface area contributed by atoms with Crippen LogP contribution in [-0.4, -0.2) is 132 Å². The molecule has 0 aromatic heterocycles. The minimum Gasteiger partial charge on any atom is -0.462 e. The highest BCUT2D eigenvalue weighted by Crippen LogP contribution is 2.50. The Balaban J connectivity index is 1.15. The second kappa shape index (κ2) is 28.1. The summed E-state index contributed by atoms with van der Waals surface area (Å²) in [6.07, 6.45) is 5.16. The maximum atomic E-state index is 14.4. The minimum atomic E-state index is -1.63. The van der Waals surface area contributed by atoms with E-state index in [1.54, 1.807) is 51.2 Å². The molecule has 22 heteroatoms. The molecule has 440 valence electrons. The molecule has 20 nitrogen and oxygen atoms in total. The first-order chi connectivity index (χ1) is 38.2. The average molecular weight is 1210 g/mol. The van der Waals surface area contributed by atoms with Crippen molar-refractivity contribution in [3.05, 3.63) is 92.5 Å². The number of anilines is 2. The Kier molecular flexibility index (Phi) is 22.2. The Morgan fingerprint density at radius 3 is 2.40 bits per heavy atom. The number of aryl methyl sites for hydroxylation is 1. The highest BCUT2D eigenvalue weighted by Gasteiger charge is 2.64. The molecule has 4 aliphatic heterocycles. The Bertz CT molecular complexity index is 2820. The van der Waals surface area contributed by atoms with E-state index in [1.165, 1.54) is 24.2 Å². The molecule has 7 amide bonds. The summed E-state index contributed by atoms with van der Waals surface area (Å²) in [6.45, 7) is 11.3. The highest BCUT2D eigenvalue weighted by molar-refractivity contribution is 9.10. The Labute approximate surface area is 486 Å². The number of amides is 7. The first-order valence-corrected chi connectivity index (χ1v) is 28.6. The van der Waals surface area contributed by atoms with Crippen LogP contribution in [0, 0.1) is 24.7 Å². The number of nitrogens with one attached hydrogen (secondary N) is 3. The average Bonchev–Trinajstić information content (AvgIpc) is 3.38. The number of hydrogen-bond acceptors (Lipinski definition) is 14. The number of hydrogen-bond donors (Lipinski definition) is 5. The molecular formula is C59H76BrClN6O14. The molecule has 0 spiro atoms. The number of urea groups is 1. The molecule has 6 rings (SSSR count). The lowest BCUT2D eigenvalue weighted by atomic mass is 9.78. The van der Waals surface area contributed by atoms with Crippen LogP contribution in [0.4, 0.5) is 21.0 Å². The predicted octanol–water partition coefficient (Wildman–Crippen LogP) is 7.45. The fraction of sp³-hybridized carbons (Fsp3) is 0.542. The third kappa shape index (κ3) is 16.9. The molecule has 0 aliphatic carbocycles. The Morgan fingerprint density at radius 2 is 1.73 bits per heavy atom. The lowest BCUT2D eigenvalue weighted by Crippen LogP contribution is -2.53. The minimum absolute atomic E-state index is 0.0120. The van der Waals surface area contributed by atoms with Gasteiger partial charge in [-0.05, 0) is 93.7 Å². The third-order valence-electron chi connectivity index (χ3n) is 15.6. The van der Waals surface area contributed by atoms with E-state index in [-0.39, 0.29) is 99.4 Å². The number of epoxide rings is 1. The topological polar surface area (TPSA) is 283 Å². The molecular weight excluding hydrogens is 1130 g/mol. The lowest BCUT2D eigenvalue weighted by Gasteiger charge is -2.41. The number of rotatable bonds is 21. The van der Waals surface area contributed by atoms with E-state index in [0.29, 0.717) is 46.4 Å². The summed E-state index contributed by atoms with van der Waals surface area (Å²) in [5.41, 5.74) is 6.15. The number of carbonyl (C=O) groups excluding carboxylic acids is 9. The van der Waals surface area contributed by atoms with Gasteiger partial charge in [0.2, 0.25) is 11.8 Å². The fourth-order valence-electron chi connectivity index (χ4n) is 10.8. The van der Waals surface area contributed by atoms with Crippen molar-refractivity contribution in [2.75, 3.05) is 37.5 Å². The molecule has 6 N–H and O–H groups in total. The number of primary amides is 1. The number of ketones is 2. The van der Waals surface area contributed by atoms with Crippen molar-refractivity contribution in [3.63, 3.8) is 0 Å². The maximum absolute atomic E-state index is 14.4. The van der Waals surface area contributed by atoms with Crippen molar-refractivity contribution >= 4 is 92.2 Å². The first-order valence-electron chi connectivity index (χ1n) is 27.4. The summed E-state index contributed by atoms with van der Waals surface area (Å²) in [7, 11) is 3.05. The summed E-state index contributed by atoms with van der Waals surface area (Å²) >= 11 is 10.4. The van der Waals surface area contributed by atoms with Gasteiger partial charge in [-0.15, -0.1) is 0 Å². The van der Waals surface area contributed by atoms with Gasteiger partial charge in [0.25, 0.3) is 11.8 Å². The quantitative estimate of drug-likeness (QED) is 0.0351. The molecule has 4 aliphatic rings. The van der Waals surface area contributed by atoms with Gasteiger partial charge < -0.3 is 45.3 Å². The first kappa shape index (κ1) is 63.9. The van der Waals surface area contributed by atoms with Gasteiger partial charge in [-0.1, -0.05) is 90.7 Å². The van der Waals surface area contributed by atoms with Crippen molar-refractivity contribution in [3.8, 4) is 0 Å². The van der Waals surface area contributed by atoms with Crippen molar-refractivity contribution in [1.29, 1.82) is 0 Å². The summed E-state index contributed by atoms with van der Waals surface area (Å²) < 4.78 is 24.5. The molecule has 2 aromatic carbocycles. The number of methoxy groups -OCH3 is 1. The van der Waals surface area contributed by atoms with Crippen LogP contribution in [0.25, 0.3) is 0 Å². The van der Waals surface area contributed by atoms with E-state index >= 15 is 0 Å². The van der Waals surface area contributed by atoms with Crippen LogP contribution < -0.4 is 26.6 Å². The summed E-state index contributed by atoms with van der Waals surface area (Å²) in [6, 6.07) is 6.76. The number of allylic oxidation sites excluding steroid dienone is 3. The van der Waals surface area contributed by atoms with Crippen molar-refractivity contribution < 1.29 is 67.2 Å². The van der Waals surface area contributed by atoms with Crippen molar-refractivity contribution in [1.82, 2.24) is 15.5 Å². The molecule has 4 bridgehead atoms. The predicted molar refractivity (Wildman–Crippen MR) is 306 cm³/mol. The van der Waals surface area contributed by atoms with E-state index < -0.39 is 83.4 Å². The molecule has 0 saturated carbocycles. The SMILES string of the molecule is CO[C@@H]1/C=C/C=C(\C)Cc2cc(C)c(Cl)c(c2)N(C)C(=O)C[C@H](OC(=O)Nc2ccc(CC(=O)[C@H](CCCNC(N)=O)NC(=O)[C@@H](CC(=O)CCCCCN3C(=O)C=CC3=O)C(C)C)c(Br)c2)[C@]2(C)O[C@H]2[C@H](C)[C@@H]2C[C@@]1(O)CC(=O)O2. The third-order valence-corrected chi connectivity index (χ3v) is 16.8. The highest BCUT2D eigenvalue weighted by atomic mass is 79.9. The second-order valence-corrected chi connectivity index (χ2v) is 23.5. The molecule has 2 saturated heterocycles. The number of ether oxygens (including phenoxy) is 4. The summed E-state index contributed by atoms with van der Waals surface area (Å²) in [5, 5.41) is 20.5. The van der Waals surface area contributed by atoms with Crippen LogP contribution in [0.5, 0.6) is 0 Å². The maximum Gasteiger partial charge on any atom is 0.412 e. The van der Waals surface area contributed by atoms with Gasteiger partial charge in [0.05, 0.1) is 35.7 Å². The number of unbranched alkanes of at least 4 members (excludes halogenated alkanes) is 2. The van der Waals surface area contributed by atoms with Gasteiger partial charge in [-0.25, -0.2) is 9.59 Å². The number of halogens is 2. The van der Waals surface area contributed by atoms with Gasteiger partial charge in [0.1, 0.15) is 35.3 Å². The fourth-order valence-corrected chi connectivity index (χ4v) is 11.5. The zero-order valence-corrected chi connectivity index (χ0v) is 49.6. The largest absolute Gasteiger partial charge is 0.462 e. The van der Waals surface area contributed by atoms with Gasteiger partial charge in [-0.3, -0.25) is 43.8 Å². The van der Waals surface area contributed by atoms with Gasteiger partial charge in [0, 0.05) is 87.1 Å². The smallest absolute Gasteiger partial charge is 0.412 e. The molecule has 4 heterocycles. The lowest BCUT2D eigenvalue weighted by molar-refractivity contribution is -0.187. The number of Topliss-reactive ketones (excluding diaryl/α,β-unsaturated/α-hetero) is 2. The van der Waals surface area contributed by atoms with Crippen molar-refractivity contribution in [2.24, 2.45) is 23.5 Å². The van der Waals surface area contributed by atoms with Crippen LogP contribution in [-0.2, 0) is 65.4 Å². The molecule has 9 atom stereocenters. The van der Waals surface area contributed by atoms with Crippen LogP contribution in [0.1, 0.15) is 116 Å². The zero-order valence-electron chi connectivity index (χ0n) is 47.3. The molecule has 81 heavy (non-hydrogen) atoms. The zero-order chi connectivity index (χ0) is 59.5. The van der Waals surface area contributed by atoms with Crippen LogP contribution in [0.15, 0.2) is 70.8 Å². The van der Waals surface area contributed by atoms with E-state index in [2.05, 4.69) is 31.9 Å². The molecule has 0 unspecified atom stereocenters. The number of imide groups is 1. The monoisotopic (exact) mass is 1210 g/mol. The van der Waals surface area contributed by atoms with E-state index in [0.717, 1.165) is 21.6 Å². The normalized spacial score (nSPS) is 25.7. The van der Waals surface area contributed by atoms with E-state index in [4.69, 9.17) is 36.3 Å². The Morgan fingerprint density at radius 1 is 1.01 bits per heavy atom. The molecule has 2 aromatic rings. The van der Waals surface area contributed by atoms with Gasteiger partial charge in [-0.2, -0.15) is 0 Å². The van der Waals surface area contributed by atoms with Crippen LogP contribution >= 0.6 is 27.5 Å². The van der Waals surface area contributed by atoms with Crippen LogP contribution in [0.3, 0.4) is 0 Å². The standard InChI is InChI=1S/C59H76BrClN6O14/c1-33(2)41(29-40(68)15-10-9-11-23-67-49(70)20-21-50(67)71)55(74)65-43(16-13-22-63-56(62)75)45(69)27-38-18-19-39(28-42(38)60)64-57(76)80-48-30-51(72)66(7)44-26-37(25-35(4)53(44)61)24-34(3)14-12-17-47(78-8)59(77)31-46(79-52(73)32-59)36(5)54-58(48,6)81-54/h12,14,17-21,25-26,28,33,36,41,43,46-48,54,77H,9-11,13,15-16,22-24,27,29-32H2,1-8H3,(H,64,76)(H,65,74)(H3,62,63,75)/b17-12+,34-14+/t36-,41+,43+,46+,47-,48+,54+,58+,59-/m1/s1. The number of fused-ring (bicyclic) bond motifs is 5. The number of nitrogens with two attached hydrogens (primary N) is 1. The Hall–Kier alpha value is -6.26. The molecule has 0 radical (unpaired) electrons. The van der Waals surface area contributed by atoms with Gasteiger partial charge in [0.15, 0.2) is 5.78 Å². The number of benzene rings is 2. The summed E-state index contributed by atoms with van der Waals surface area (Å²) in [5.74, 6) is -4.32. The molecule has 2 fully saturated rings. The number of esters is 1. The van der Waals surface area contributed by atoms with Crippen molar-refractivity contribution in [2.45, 2.75) is 160 Å². The van der Waals surface area contributed by atoms with E-state index in [1.807, 2.05) is 45.9 Å². The van der Waals surface area contributed by atoms with Gasteiger partial charge >= 0.3 is 18.1 Å². The number of aliphatic hydroxyl groups is 1. The van der Waals surface area contributed by atoms with E-state index in [9.17, 15) is 48.3 Å².